The molecule has 78 valence electrons. The van der Waals surface area contributed by atoms with Gasteiger partial charge in [-0.2, -0.15) is 0 Å². The third kappa shape index (κ3) is 0.971. The van der Waals surface area contributed by atoms with Crippen molar-refractivity contribution in [1.29, 1.82) is 0 Å². The van der Waals surface area contributed by atoms with E-state index in [9.17, 15) is 4.79 Å². The van der Waals surface area contributed by atoms with Gasteiger partial charge in [0.25, 0.3) is 0 Å². The molecule has 0 aromatic heterocycles. The fourth-order valence-corrected chi connectivity index (χ4v) is 3.11. The van der Waals surface area contributed by atoms with E-state index in [0.717, 1.165) is 6.61 Å². The Kier molecular flexibility index (Phi) is 1.63. The average Bonchev–Trinajstić information content (AvgIpc) is 2.69. The van der Waals surface area contributed by atoms with Crippen molar-refractivity contribution < 1.29 is 14.3 Å². The van der Waals surface area contributed by atoms with Crippen molar-refractivity contribution in [2.45, 2.75) is 50.9 Å². The largest absolute Gasteiger partial charge is 0.343 e. The molecule has 3 fully saturated rings. The quantitative estimate of drug-likeness (QED) is 0.591. The van der Waals surface area contributed by atoms with Gasteiger partial charge in [0, 0.05) is 11.8 Å². The Morgan fingerprint density at radius 2 is 2.07 bits per heavy atom. The monoisotopic (exact) mass is 196 g/mol. The number of fused-ring (bicyclic) bond motifs is 3. The second-order valence-corrected chi connectivity index (χ2v) is 5.04. The summed E-state index contributed by atoms with van der Waals surface area (Å²) in [6, 6.07) is 0. The Bertz CT molecular complexity index is 280. The van der Waals surface area contributed by atoms with Crippen molar-refractivity contribution in [2.75, 3.05) is 6.61 Å². The molecule has 1 aliphatic carbocycles. The minimum absolute atomic E-state index is 0.131. The first-order valence-electron chi connectivity index (χ1n) is 5.50. The molecule has 0 aromatic rings. The van der Waals surface area contributed by atoms with Crippen LogP contribution in [0.3, 0.4) is 0 Å². The number of carbonyl (C=O) groups is 1. The molecule has 3 rings (SSSR count). The van der Waals surface area contributed by atoms with E-state index in [4.69, 9.17) is 9.47 Å². The van der Waals surface area contributed by atoms with Crippen LogP contribution in [0.25, 0.3) is 0 Å². The first-order valence-corrected chi connectivity index (χ1v) is 5.50. The third-order valence-electron chi connectivity index (χ3n) is 4.16. The van der Waals surface area contributed by atoms with Crippen LogP contribution in [-0.2, 0) is 14.3 Å². The third-order valence-corrected chi connectivity index (χ3v) is 4.16. The summed E-state index contributed by atoms with van der Waals surface area (Å²) < 4.78 is 11.4. The zero-order valence-corrected chi connectivity index (χ0v) is 8.54. The maximum atomic E-state index is 11.7. The zero-order chi connectivity index (χ0) is 9.81. The Morgan fingerprint density at radius 3 is 2.79 bits per heavy atom. The molecule has 14 heavy (non-hydrogen) atoms. The molecule has 3 aliphatic rings. The van der Waals surface area contributed by atoms with Crippen LogP contribution in [0.1, 0.15) is 39.0 Å². The molecule has 2 aliphatic heterocycles. The van der Waals surface area contributed by atoms with Crippen LogP contribution in [0.5, 0.6) is 0 Å². The topological polar surface area (TPSA) is 35.5 Å². The number of Topliss-reactive ketones (excluding diaryl/α,β-unsaturated/α-hetero) is 1. The Hall–Kier alpha value is -0.410. The van der Waals surface area contributed by atoms with Crippen molar-refractivity contribution in [3.63, 3.8) is 0 Å². The number of carbonyl (C=O) groups excluding carboxylic acids is 1. The van der Waals surface area contributed by atoms with E-state index in [1.165, 1.54) is 25.7 Å². The molecule has 2 atom stereocenters. The number of ketones is 1. The Balaban J connectivity index is 1.91. The maximum Gasteiger partial charge on any atom is 0.226 e. The van der Waals surface area contributed by atoms with Crippen LogP contribution in [0, 0.1) is 5.41 Å². The van der Waals surface area contributed by atoms with Gasteiger partial charge in [-0.3, -0.25) is 4.79 Å². The highest BCUT2D eigenvalue weighted by atomic mass is 16.7. The normalized spacial score (nSPS) is 44.9. The number of ether oxygens (including phenoxy) is 2. The van der Waals surface area contributed by atoms with Gasteiger partial charge in [0.2, 0.25) is 5.79 Å². The number of hydrogen-bond donors (Lipinski definition) is 0. The standard InChI is InChI=1S/C11H16O3/c1-10-8(12)6-9(14-10)11(7-13-10)4-2-3-5-11/h9H,2-7H2,1H3. The molecular formula is C11H16O3. The van der Waals surface area contributed by atoms with E-state index in [1.807, 2.05) is 0 Å². The Labute approximate surface area is 83.8 Å². The summed E-state index contributed by atoms with van der Waals surface area (Å²) in [6.07, 6.45) is 5.55. The Morgan fingerprint density at radius 1 is 1.36 bits per heavy atom. The summed E-state index contributed by atoms with van der Waals surface area (Å²) in [5, 5.41) is 0. The lowest BCUT2D eigenvalue weighted by molar-refractivity contribution is -0.280. The lowest BCUT2D eigenvalue weighted by atomic mass is 9.80. The van der Waals surface area contributed by atoms with E-state index in [1.54, 1.807) is 6.92 Å². The maximum absolute atomic E-state index is 11.7. The molecule has 1 spiro atoms. The molecule has 1 saturated carbocycles. The number of hydrogen-bond acceptors (Lipinski definition) is 3. The first-order chi connectivity index (χ1) is 6.65. The fourth-order valence-electron chi connectivity index (χ4n) is 3.11. The molecule has 0 radical (unpaired) electrons. The van der Waals surface area contributed by atoms with Crippen molar-refractivity contribution >= 4 is 5.78 Å². The first kappa shape index (κ1) is 8.86. The molecule has 2 heterocycles. The molecule has 0 aromatic carbocycles. The molecule has 0 N–H and O–H groups in total. The van der Waals surface area contributed by atoms with Gasteiger partial charge in [-0.25, -0.2) is 0 Å². The van der Waals surface area contributed by atoms with E-state index >= 15 is 0 Å². The summed E-state index contributed by atoms with van der Waals surface area (Å²) in [5.74, 6) is -0.773. The molecular weight excluding hydrogens is 180 g/mol. The second kappa shape index (κ2) is 2.58. The second-order valence-electron chi connectivity index (χ2n) is 5.04. The summed E-state index contributed by atoms with van der Waals surface area (Å²) in [7, 11) is 0. The predicted molar refractivity (Wildman–Crippen MR) is 49.8 cm³/mol. The van der Waals surface area contributed by atoms with Crippen molar-refractivity contribution in [2.24, 2.45) is 5.41 Å². The fraction of sp³-hybridized carbons (Fsp3) is 0.909. The molecule has 3 heteroatoms. The van der Waals surface area contributed by atoms with Crippen LogP contribution in [-0.4, -0.2) is 24.3 Å². The summed E-state index contributed by atoms with van der Waals surface area (Å²) in [4.78, 5) is 11.7. The molecule has 0 amide bonds. The van der Waals surface area contributed by atoms with Crippen molar-refractivity contribution in [3.05, 3.63) is 0 Å². The van der Waals surface area contributed by atoms with Gasteiger partial charge in [0.05, 0.1) is 12.7 Å². The zero-order valence-electron chi connectivity index (χ0n) is 8.54. The smallest absolute Gasteiger partial charge is 0.226 e. The van der Waals surface area contributed by atoms with Gasteiger partial charge in [0.15, 0.2) is 5.78 Å². The minimum atomic E-state index is -0.904. The molecule has 3 nitrogen and oxygen atoms in total. The predicted octanol–water partition coefficient (Wildman–Crippen LogP) is 1.65. The molecule has 2 bridgehead atoms. The van der Waals surface area contributed by atoms with Gasteiger partial charge in [-0.15, -0.1) is 0 Å². The van der Waals surface area contributed by atoms with Gasteiger partial charge in [0.1, 0.15) is 0 Å². The lowest BCUT2D eigenvalue weighted by Gasteiger charge is -2.41. The highest BCUT2D eigenvalue weighted by molar-refractivity contribution is 5.88. The SMILES string of the molecule is CC12OCC3(CCCC3)C(CC1=O)O2. The minimum Gasteiger partial charge on any atom is -0.343 e. The van der Waals surface area contributed by atoms with E-state index in [-0.39, 0.29) is 17.3 Å². The van der Waals surface area contributed by atoms with Crippen LogP contribution < -0.4 is 0 Å². The number of rotatable bonds is 0. The summed E-state index contributed by atoms with van der Waals surface area (Å²) in [6.45, 7) is 2.48. The lowest BCUT2D eigenvalue weighted by Crippen LogP contribution is -2.48. The average molecular weight is 196 g/mol. The van der Waals surface area contributed by atoms with E-state index < -0.39 is 5.79 Å². The van der Waals surface area contributed by atoms with E-state index in [2.05, 4.69) is 0 Å². The van der Waals surface area contributed by atoms with Gasteiger partial charge >= 0.3 is 0 Å². The summed E-state index contributed by atoms with van der Waals surface area (Å²) >= 11 is 0. The van der Waals surface area contributed by atoms with Gasteiger partial charge < -0.3 is 9.47 Å². The van der Waals surface area contributed by atoms with Gasteiger partial charge in [-0.1, -0.05) is 12.8 Å². The van der Waals surface area contributed by atoms with Crippen molar-refractivity contribution in [1.82, 2.24) is 0 Å². The highest BCUT2D eigenvalue weighted by Crippen LogP contribution is 2.52. The van der Waals surface area contributed by atoms with Crippen molar-refractivity contribution in [3.8, 4) is 0 Å². The van der Waals surface area contributed by atoms with Crippen LogP contribution in [0.4, 0.5) is 0 Å². The van der Waals surface area contributed by atoms with E-state index in [0.29, 0.717) is 6.42 Å². The highest BCUT2D eigenvalue weighted by Gasteiger charge is 2.58. The molecule has 2 unspecified atom stereocenters. The molecule has 2 saturated heterocycles. The van der Waals surface area contributed by atoms with Crippen LogP contribution >= 0.6 is 0 Å². The van der Waals surface area contributed by atoms with Crippen LogP contribution in [0.15, 0.2) is 0 Å². The van der Waals surface area contributed by atoms with Gasteiger partial charge in [-0.05, 0) is 19.8 Å². The van der Waals surface area contributed by atoms with Crippen LogP contribution in [0.2, 0.25) is 0 Å². The summed E-state index contributed by atoms with van der Waals surface area (Å²) in [5.41, 5.74) is 0.172.